The number of benzene rings is 1. The number of ether oxygens (including phenoxy) is 2. The number of hydrogen-bond acceptors (Lipinski definition) is 6. The number of pyridine rings is 1. The van der Waals surface area contributed by atoms with E-state index < -0.39 is 0 Å². The van der Waals surface area contributed by atoms with Gasteiger partial charge in [0.2, 0.25) is 0 Å². The van der Waals surface area contributed by atoms with E-state index in [9.17, 15) is 4.79 Å². The van der Waals surface area contributed by atoms with Gasteiger partial charge in [0.05, 0.1) is 31.6 Å². The van der Waals surface area contributed by atoms with E-state index in [1.807, 2.05) is 53.9 Å². The van der Waals surface area contributed by atoms with E-state index in [4.69, 9.17) is 9.47 Å². The van der Waals surface area contributed by atoms with Crippen molar-refractivity contribution in [2.75, 3.05) is 26.8 Å². The highest BCUT2D eigenvalue weighted by Crippen LogP contribution is 2.31. The molecule has 8 heteroatoms. The third-order valence-electron chi connectivity index (χ3n) is 5.56. The molecular formula is C24H23N5O3. The fourth-order valence-electron chi connectivity index (χ4n) is 3.93. The van der Waals surface area contributed by atoms with Crippen LogP contribution in [-0.4, -0.2) is 57.0 Å². The topological polar surface area (TPSA) is 81.9 Å². The van der Waals surface area contributed by atoms with Gasteiger partial charge >= 0.3 is 0 Å². The fourth-order valence-corrected chi connectivity index (χ4v) is 3.93. The number of aromatic nitrogens is 4. The Morgan fingerprint density at radius 1 is 1.19 bits per heavy atom. The van der Waals surface area contributed by atoms with Gasteiger partial charge in [0.1, 0.15) is 23.2 Å². The Labute approximate surface area is 185 Å². The maximum atomic E-state index is 13.2. The van der Waals surface area contributed by atoms with Crippen LogP contribution in [-0.2, 0) is 4.74 Å². The van der Waals surface area contributed by atoms with Crippen LogP contribution in [0.2, 0.25) is 0 Å². The predicted molar refractivity (Wildman–Crippen MR) is 119 cm³/mol. The fraction of sp³-hybridized carbons (Fsp3) is 0.250. The second kappa shape index (κ2) is 8.39. The molecule has 0 aliphatic carbocycles. The summed E-state index contributed by atoms with van der Waals surface area (Å²) in [6.45, 7) is 3.29. The van der Waals surface area contributed by atoms with Crippen LogP contribution in [0.4, 0.5) is 0 Å². The molecule has 32 heavy (non-hydrogen) atoms. The van der Waals surface area contributed by atoms with Gasteiger partial charge < -0.3 is 18.8 Å². The highest BCUT2D eigenvalue weighted by Gasteiger charge is 2.30. The lowest BCUT2D eigenvalue weighted by Crippen LogP contribution is -2.42. The van der Waals surface area contributed by atoms with Crippen molar-refractivity contribution >= 4 is 11.6 Å². The number of morpholine rings is 1. The minimum Gasteiger partial charge on any atom is -0.497 e. The van der Waals surface area contributed by atoms with Gasteiger partial charge in [-0.05, 0) is 36.8 Å². The average Bonchev–Trinajstić information content (AvgIpc) is 3.27. The van der Waals surface area contributed by atoms with Gasteiger partial charge in [-0.3, -0.25) is 14.8 Å². The van der Waals surface area contributed by atoms with Crippen LogP contribution in [0.15, 0.2) is 61.2 Å². The van der Waals surface area contributed by atoms with Crippen molar-refractivity contribution < 1.29 is 14.3 Å². The Hall–Kier alpha value is -3.78. The number of imidazole rings is 1. The minimum atomic E-state index is -0.387. The molecule has 0 bridgehead atoms. The van der Waals surface area contributed by atoms with Crippen molar-refractivity contribution in [2.24, 2.45) is 0 Å². The van der Waals surface area contributed by atoms with Crippen molar-refractivity contribution in [3.8, 4) is 17.0 Å². The molecule has 5 rings (SSSR count). The number of nitrogens with zero attached hydrogens (tertiary/aromatic N) is 5. The summed E-state index contributed by atoms with van der Waals surface area (Å²) in [6, 6.07) is 11.6. The normalized spacial score (nSPS) is 16.3. The van der Waals surface area contributed by atoms with Crippen LogP contribution in [0, 0.1) is 6.92 Å². The van der Waals surface area contributed by atoms with Crippen LogP contribution < -0.4 is 4.74 Å². The predicted octanol–water partition coefficient (Wildman–Crippen LogP) is 3.32. The number of carbonyl (C=O) groups excluding carboxylic acids is 1. The van der Waals surface area contributed by atoms with E-state index in [0.29, 0.717) is 36.8 Å². The minimum absolute atomic E-state index is 0.119. The molecule has 1 unspecified atom stereocenters. The first-order chi connectivity index (χ1) is 15.6. The Bertz CT molecular complexity index is 1290. The Morgan fingerprint density at radius 3 is 2.94 bits per heavy atom. The summed E-state index contributed by atoms with van der Waals surface area (Å²) >= 11 is 0. The standard InChI is InChI=1S/C24H23N5O3/c1-16-6-9-28-14-19(27-21(28)12-16)24(30)29-10-11-32-20(15-29)23-22(25-7-8-26-23)17-4-3-5-18(13-17)31-2/h3-9,12-14,20H,10-11,15H2,1-2H3. The number of fused-ring (bicyclic) bond motifs is 1. The first-order valence-corrected chi connectivity index (χ1v) is 10.4. The van der Waals surface area contributed by atoms with Crippen molar-refractivity contribution in [3.63, 3.8) is 0 Å². The average molecular weight is 429 g/mol. The molecule has 0 N–H and O–H groups in total. The van der Waals surface area contributed by atoms with Crippen LogP contribution in [0.5, 0.6) is 5.75 Å². The van der Waals surface area contributed by atoms with E-state index in [0.717, 1.165) is 22.5 Å². The summed E-state index contributed by atoms with van der Waals surface area (Å²) in [5.41, 5.74) is 4.57. The molecule has 1 aliphatic heterocycles. The monoisotopic (exact) mass is 429 g/mol. The van der Waals surface area contributed by atoms with Gasteiger partial charge in [-0.1, -0.05) is 12.1 Å². The van der Waals surface area contributed by atoms with Crippen LogP contribution in [0.1, 0.15) is 27.8 Å². The Morgan fingerprint density at radius 2 is 2.06 bits per heavy atom. The van der Waals surface area contributed by atoms with Gasteiger partial charge in [0.15, 0.2) is 0 Å². The summed E-state index contributed by atoms with van der Waals surface area (Å²) in [4.78, 5) is 28.6. The molecule has 1 aromatic carbocycles. The molecule has 1 aliphatic rings. The molecule has 1 saturated heterocycles. The zero-order chi connectivity index (χ0) is 22.1. The highest BCUT2D eigenvalue weighted by molar-refractivity contribution is 5.93. The smallest absolute Gasteiger partial charge is 0.274 e. The molecule has 3 aromatic heterocycles. The molecular weight excluding hydrogens is 406 g/mol. The van der Waals surface area contributed by atoms with E-state index in [2.05, 4.69) is 15.0 Å². The quantitative estimate of drug-likeness (QED) is 0.495. The summed E-state index contributed by atoms with van der Waals surface area (Å²) in [7, 11) is 1.63. The number of rotatable bonds is 4. The summed E-state index contributed by atoms with van der Waals surface area (Å²) in [5.74, 6) is 0.619. The lowest BCUT2D eigenvalue weighted by atomic mass is 10.0. The molecule has 0 saturated carbocycles. The van der Waals surface area contributed by atoms with Crippen molar-refractivity contribution in [1.82, 2.24) is 24.3 Å². The first-order valence-electron chi connectivity index (χ1n) is 10.4. The zero-order valence-corrected chi connectivity index (χ0v) is 17.9. The number of amides is 1. The SMILES string of the molecule is COc1cccc(-c2nccnc2C2CN(C(=O)c3cn4ccc(C)cc4n3)CCO2)c1. The van der Waals surface area contributed by atoms with Crippen LogP contribution in [0.25, 0.3) is 16.9 Å². The van der Waals surface area contributed by atoms with E-state index in [1.165, 1.54) is 0 Å². The molecule has 1 amide bonds. The zero-order valence-electron chi connectivity index (χ0n) is 17.9. The summed E-state index contributed by atoms with van der Waals surface area (Å²) < 4.78 is 13.2. The maximum absolute atomic E-state index is 13.2. The lowest BCUT2D eigenvalue weighted by Gasteiger charge is -2.32. The maximum Gasteiger partial charge on any atom is 0.274 e. The van der Waals surface area contributed by atoms with Gasteiger partial charge in [-0.25, -0.2) is 4.98 Å². The Balaban J connectivity index is 1.42. The number of carbonyl (C=O) groups is 1. The molecule has 4 aromatic rings. The van der Waals surface area contributed by atoms with Crippen LogP contribution >= 0.6 is 0 Å². The van der Waals surface area contributed by atoms with Gasteiger partial charge in [-0.15, -0.1) is 0 Å². The van der Waals surface area contributed by atoms with Crippen molar-refractivity contribution in [2.45, 2.75) is 13.0 Å². The molecule has 162 valence electrons. The molecule has 4 heterocycles. The molecule has 8 nitrogen and oxygen atoms in total. The molecule has 0 radical (unpaired) electrons. The van der Waals surface area contributed by atoms with E-state index in [1.54, 1.807) is 30.6 Å². The summed E-state index contributed by atoms with van der Waals surface area (Å²) in [5, 5.41) is 0. The molecule has 1 fully saturated rings. The van der Waals surface area contributed by atoms with Gasteiger partial charge in [-0.2, -0.15) is 0 Å². The molecule has 1 atom stereocenters. The summed E-state index contributed by atoms with van der Waals surface area (Å²) in [6.07, 6.45) is 6.60. The number of methoxy groups -OCH3 is 1. The number of aryl methyl sites for hydroxylation is 1. The second-order valence-corrected chi connectivity index (χ2v) is 7.73. The molecule has 0 spiro atoms. The van der Waals surface area contributed by atoms with Crippen molar-refractivity contribution in [1.29, 1.82) is 0 Å². The highest BCUT2D eigenvalue weighted by atomic mass is 16.5. The third-order valence-corrected chi connectivity index (χ3v) is 5.56. The first kappa shape index (κ1) is 20.1. The second-order valence-electron chi connectivity index (χ2n) is 7.73. The third kappa shape index (κ3) is 3.80. The van der Waals surface area contributed by atoms with Crippen molar-refractivity contribution in [3.05, 3.63) is 78.1 Å². The van der Waals surface area contributed by atoms with E-state index >= 15 is 0 Å². The van der Waals surface area contributed by atoms with E-state index in [-0.39, 0.29) is 12.0 Å². The van der Waals surface area contributed by atoms with Gasteiger partial charge in [0, 0.05) is 36.9 Å². The lowest BCUT2D eigenvalue weighted by molar-refractivity contribution is -0.0247. The number of hydrogen-bond donors (Lipinski definition) is 0. The van der Waals surface area contributed by atoms with Gasteiger partial charge in [0.25, 0.3) is 5.91 Å². The largest absolute Gasteiger partial charge is 0.497 e. The Kier molecular flexibility index (Phi) is 5.28. The van der Waals surface area contributed by atoms with Crippen LogP contribution in [0.3, 0.4) is 0 Å².